The van der Waals surface area contributed by atoms with Crippen LogP contribution in [0, 0.1) is 11.7 Å². The van der Waals surface area contributed by atoms with Crippen molar-refractivity contribution >= 4 is 5.78 Å². The normalized spacial score (nSPS) is 30.1. The van der Waals surface area contributed by atoms with E-state index in [9.17, 15) is 9.18 Å². The van der Waals surface area contributed by atoms with Gasteiger partial charge in [0, 0.05) is 12.5 Å². The fourth-order valence-electron chi connectivity index (χ4n) is 3.52. The monoisotopic (exact) mass is 261 g/mol. The van der Waals surface area contributed by atoms with Gasteiger partial charge in [-0.2, -0.15) is 0 Å². The van der Waals surface area contributed by atoms with E-state index in [1.165, 1.54) is 31.7 Å². The number of carbonyl (C=O) groups is 1. The van der Waals surface area contributed by atoms with Crippen LogP contribution < -0.4 is 5.32 Å². The Bertz CT molecular complexity index is 460. The second-order valence-electron chi connectivity index (χ2n) is 5.84. The summed E-state index contributed by atoms with van der Waals surface area (Å²) in [5, 5.41) is 3.46. The van der Waals surface area contributed by atoms with Gasteiger partial charge in [-0.1, -0.05) is 31.0 Å². The van der Waals surface area contributed by atoms with Gasteiger partial charge in [0.05, 0.1) is 6.04 Å². The van der Waals surface area contributed by atoms with Gasteiger partial charge in [0.25, 0.3) is 0 Å². The molecule has 1 aliphatic heterocycles. The fraction of sp³-hybridized carbons (Fsp3) is 0.562. The molecule has 0 amide bonds. The molecule has 1 saturated carbocycles. The van der Waals surface area contributed by atoms with Crippen molar-refractivity contribution in [1.29, 1.82) is 0 Å². The van der Waals surface area contributed by atoms with Crippen molar-refractivity contribution in [3.05, 3.63) is 35.6 Å². The number of fused-ring (bicyclic) bond motifs is 1. The minimum atomic E-state index is -0.272. The molecule has 1 aliphatic carbocycles. The van der Waals surface area contributed by atoms with Crippen LogP contribution in [0.3, 0.4) is 0 Å². The zero-order valence-corrected chi connectivity index (χ0v) is 11.1. The number of hydrogen-bond acceptors (Lipinski definition) is 2. The van der Waals surface area contributed by atoms with Gasteiger partial charge in [0.1, 0.15) is 5.82 Å². The molecule has 1 aromatic rings. The summed E-state index contributed by atoms with van der Waals surface area (Å²) in [5.41, 5.74) is 0.518. The van der Waals surface area contributed by atoms with Crippen LogP contribution in [0.15, 0.2) is 24.3 Å². The Kier molecular flexibility index (Phi) is 3.65. The van der Waals surface area contributed by atoms with Gasteiger partial charge in [-0.25, -0.2) is 4.39 Å². The molecule has 3 atom stereocenters. The molecule has 2 fully saturated rings. The topological polar surface area (TPSA) is 29.1 Å². The first-order valence-electron chi connectivity index (χ1n) is 7.26. The number of benzene rings is 1. The van der Waals surface area contributed by atoms with Crippen molar-refractivity contribution in [3.8, 4) is 0 Å². The van der Waals surface area contributed by atoms with Crippen LogP contribution in [0.5, 0.6) is 0 Å². The third-order valence-electron chi connectivity index (χ3n) is 4.57. The molecule has 2 aliphatic rings. The van der Waals surface area contributed by atoms with E-state index in [0.29, 0.717) is 17.5 Å². The number of rotatable bonds is 3. The maximum atomic E-state index is 13.6. The fourth-order valence-corrected chi connectivity index (χ4v) is 3.52. The van der Waals surface area contributed by atoms with E-state index < -0.39 is 0 Å². The van der Waals surface area contributed by atoms with Crippen LogP contribution in [0.2, 0.25) is 0 Å². The van der Waals surface area contributed by atoms with Crippen LogP contribution >= 0.6 is 0 Å². The second kappa shape index (κ2) is 5.41. The first-order chi connectivity index (χ1) is 9.24. The summed E-state index contributed by atoms with van der Waals surface area (Å²) in [4.78, 5) is 12.3. The lowest BCUT2D eigenvalue weighted by molar-refractivity contribution is -0.120. The molecule has 0 aromatic heterocycles. The summed E-state index contributed by atoms with van der Waals surface area (Å²) in [7, 11) is 0. The van der Waals surface area contributed by atoms with E-state index in [1.54, 1.807) is 18.2 Å². The summed E-state index contributed by atoms with van der Waals surface area (Å²) in [6, 6.07) is 7.02. The molecule has 0 spiro atoms. The molecule has 1 heterocycles. The standard InChI is InChI=1S/C16H20FNO/c17-13-7-3-1-5-11(13)10-16(19)15-9-12-6-2-4-8-14(12)18-15/h1,3,5,7,12,14-15,18H,2,4,6,8-10H2. The first kappa shape index (κ1) is 12.8. The highest BCUT2D eigenvalue weighted by atomic mass is 19.1. The summed E-state index contributed by atoms with van der Waals surface area (Å²) in [5.74, 6) is 0.522. The lowest BCUT2D eigenvalue weighted by Crippen LogP contribution is -2.37. The maximum absolute atomic E-state index is 13.6. The highest BCUT2D eigenvalue weighted by Crippen LogP contribution is 2.33. The van der Waals surface area contributed by atoms with Crippen molar-refractivity contribution in [3.63, 3.8) is 0 Å². The van der Waals surface area contributed by atoms with E-state index in [2.05, 4.69) is 5.32 Å². The van der Waals surface area contributed by atoms with Gasteiger partial charge >= 0.3 is 0 Å². The zero-order valence-electron chi connectivity index (χ0n) is 11.1. The van der Waals surface area contributed by atoms with Crippen molar-refractivity contribution in [2.75, 3.05) is 0 Å². The minimum Gasteiger partial charge on any atom is -0.304 e. The Labute approximate surface area is 113 Å². The average Bonchev–Trinajstić information content (AvgIpc) is 2.85. The van der Waals surface area contributed by atoms with E-state index >= 15 is 0 Å². The summed E-state index contributed by atoms with van der Waals surface area (Å²) >= 11 is 0. The number of nitrogens with one attached hydrogen (secondary N) is 1. The van der Waals surface area contributed by atoms with Gasteiger partial charge in [-0.05, 0) is 36.8 Å². The van der Waals surface area contributed by atoms with Crippen molar-refractivity contribution in [1.82, 2.24) is 5.32 Å². The molecule has 102 valence electrons. The lowest BCUT2D eigenvalue weighted by atomic mass is 9.84. The molecule has 0 bridgehead atoms. The molecule has 0 radical (unpaired) electrons. The Morgan fingerprint density at radius 2 is 2.05 bits per heavy atom. The Morgan fingerprint density at radius 1 is 1.26 bits per heavy atom. The summed E-state index contributed by atoms with van der Waals surface area (Å²) < 4.78 is 13.6. The quantitative estimate of drug-likeness (QED) is 0.906. The number of Topliss-reactive ketones (excluding diaryl/α,β-unsaturated/α-hetero) is 1. The number of ketones is 1. The largest absolute Gasteiger partial charge is 0.304 e. The zero-order chi connectivity index (χ0) is 13.2. The van der Waals surface area contributed by atoms with Gasteiger partial charge < -0.3 is 5.32 Å². The molecule has 1 saturated heterocycles. The predicted molar refractivity (Wildman–Crippen MR) is 72.4 cm³/mol. The van der Waals surface area contributed by atoms with Crippen molar-refractivity contribution < 1.29 is 9.18 Å². The maximum Gasteiger partial charge on any atom is 0.154 e. The van der Waals surface area contributed by atoms with Gasteiger partial charge in [-0.3, -0.25) is 4.79 Å². The molecule has 3 heteroatoms. The molecule has 2 nitrogen and oxygen atoms in total. The van der Waals surface area contributed by atoms with Crippen molar-refractivity contribution in [2.24, 2.45) is 5.92 Å². The van der Waals surface area contributed by atoms with Crippen LogP contribution in [0.4, 0.5) is 4.39 Å². The molecule has 3 rings (SSSR count). The molecule has 3 unspecified atom stereocenters. The van der Waals surface area contributed by atoms with Gasteiger partial charge in [0.15, 0.2) is 5.78 Å². The highest BCUT2D eigenvalue weighted by Gasteiger charge is 2.37. The Hall–Kier alpha value is -1.22. The van der Waals surface area contributed by atoms with Crippen LogP contribution in [-0.2, 0) is 11.2 Å². The molecule has 19 heavy (non-hydrogen) atoms. The van der Waals surface area contributed by atoms with E-state index in [0.717, 1.165) is 6.42 Å². The van der Waals surface area contributed by atoms with Crippen LogP contribution in [-0.4, -0.2) is 17.9 Å². The molecule has 1 aromatic carbocycles. The molecular formula is C16H20FNO. The Morgan fingerprint density at radius 3 is 2.84 bits per heavy atom. The van der Waals surface area contributed by atoms with E-state index in [4.69, 9.17) is 0 Å². The highest BCUT2D eigenvalue weighted by molar-refractivity contribution is 5.86. The van der Waals surface area contributed by atoms with E-state index in [-0.39, 0.29) is 24.1 Å². The second-order valence-corrected chi connectivity index (χ2v) is 5.84. The summed E-state index contributed by atoms with van der Waals surface area (Å²) in [6.45, 7) is 0. The third-order valence-corrected chi connectivity index (χ3v) is 4.57. The van der Waals surface area contributed by atoms with Crippen LogP contribution in [0.25, 0.3) is 0 Å². The smallest absolute Gasteiger partial charge is 0.154 e. The van der Waals surface area contributed by atoms with Crippen molar-refractivity contribution in [2.45, 2.75) is 50.6 Å². The number of halogens is 1. The van der Waals surface area contributed by atoms with Gasteiger partial charge in [-0.15, -0.1) is 0 Å². The first-order valence-corrected chi connectivity index (χ1v) is 7.26. The molecular weight excluding hydrogens is 241 g/mol. The van der Waals surface area contributed by atoms with E-state index in [1.807, 2.05) is 0 Å². The number of carbonyl (C=O) groups excluding carboxylic acids is 1. The van der Waals surface area contributed by atoms with Gasteiger partial charge in [0.2, 0.25) is 0 Å². The Balaban J connectivity index is 1.64. The number of hydrogen-bond donors (Lipinski definition) is 1. The SMILES string of the molecule is O=C(Cc1ccccc1F)C1CC2CCCCC2N1. The molecule has 1 N–H and O–H groups in total. The average molecular weight is 261 g/mol. The third kappa shape index (κ3) is 2.71. The minimum absolute atomic E-state index is 0.0623. The lowest BCUT2D eigenvalue weighted by Gasteiger charge is -2.24. The summed E-state index contributed by atoms with van der Waals surface area (Å²) in [6.07, 6.45) is 6.14. The predicted octanol–water partition coefficient (Wildman–Crippen LogP) is 2.86. The van der Waals surface area contributed by atoms with Crippen LogP contribution in [0.1, 0.15) is 37.7 Å².